The van der Waals surface area contributed by atoms with Gasteiger partial charge in [-0.3, -0.25) is 4.79 Å². The lowest BCUT2D eigenvalue weighted by molar-refractivity contribution is -0.137. The summed E-state index contributed by atoms with van der Waals surface area (Å²) in [7, 11) is 0. The number of carbonyl (C=O) groups excluding carboxylic acids is 1. The minimum atomic E-state index is -4.44. The van der Waals surface area contributed by atoms with Gasteiger partial charge in [-0.1, -0.05) is 13.0 Å². The Bertz CT molecular complexity index is 1100. The average Bonchev–Trinajstić information content (AvgIpc) is 3.02. The number of fused-ring (bicyclic) bond motifs is 3. The molecule has 30 heavy (non-hydrogen) atoms. The highest BCUT2D eigenvalue weighted by Gasteiger charge is 2.33. The summed E-state index contributed by atoms with van der Waals surface area (Å²) in [5, 5.41) is 0.476. The Labute approximate surface area is 172 Å². The Balaban J connectivity index is 1.62. The predicted molar refractivity (Wildman–Crippen MR) is 106 cm³/mol. The van der Waals surface area contributed by atoms with Gasteiger partial charge >= 0.3 is 6.18 Å². The van der Waals surface area contributed by atoms with Crippen LogP contribution in [0.15, 0.2) is 36.5 Å². The zero-order valence-electron chi connectivity index (χ0n) is 16.8. The molecular weight excluding hydrogens is 395 g/mol. The molecule has 0 saturated carbocycles. The molecule has 0 N–H and O–H groups in total. The molecule has 158 valence electrons. The van der Waals surface area contributed by atoms with Gasteiger partial charge in [0.15, 0.2) is 0 Å². The van der Waals surface area contributed by atoms with Crippen molar-refractivity contribution in [1.82, 2.24) is 14.5 Å². The number of pyridine rings is 1. The summed E-state index contributed by atoms with van der Waals surface area (Å²) in [5.41, 5.74) is 1.83. The van der Waals surface area contributed by atoms with E-state index in [2.05, 4.69) is 4.98 Å². The molecule has 1 aromatic carbocycles. The number of hydrogen-bond donors (Lipinski definition) is 0. The smallest absolute Gasteiger partial charge is 0.417 e. The lowest BCUT2D eigenvalue weighted by atomic mass is 10.1. The SMILES string of the molecule is CCCOc1cccc(C(=O)N2CCn3c(c(C)c4cc(C(F)(F)F)cnc43)C2)c1. The monoisotopic (exact) mass is 417 g/mol. The molecule has 0 atom stereocenters. The van der Waals surface area contributed by atoms with E-state index in [1.165, 1.54) is 0 Å². The van der Waals surface area contributed by atoms with Crippen molar-refractivity contribution < 1.29 is 22.7 Å². The lowest BCUT2D eigenvalue weighted by Crippen LogP contribution is -2.38. The van der Waals surface area contributed by atoms with Crippen LogP contribution in [0.3, 0.4) is 0 Å². The molecule has 5 nitrogen and oxygen atoms in total. The molecule has 0 aliphatic carbocycles. The topological polar surface area (TPSA) is 47.4 Å². The van der Waals surface area contributed by atoms with Crippen molar-refractivity contribution >= 4 is 16.9 Å². The first-order valence-corrected chi connectivity index (χ1v) is 9.86. The highest BCUT2D eigenvalue weighted by atomic mass is 19.4. The minimum Gasteiger partial charge on any atom is -0.494 e. The minimum absolute atomic E-state index is 0.128. The molecule has 1 aliphatic rings. The van der Waals surface area contributed by atoms with E-state index in [1.54, 1.807) is 30.0 Å². The van der Waals surface area contributed by atoms with Gasteiger partial charge in [-0.25, -0.2) is 4.98 Å². The number of rotatable bonds is 4. The van der Waals surface area contributed by atoms with Gasteiger partial charge in [-0.05, 0) is 43.2 Å². The molecule has 1 amide bonds. The maximum absolute atomic E-state index is 13.1. The number of halogens is 3. The molecule has 4 rings (SSSR count). The van der Waals surface area contributed by atoms with Crippen LogP contribution in [0.2, 0.25) is 0 Å². The number of benzene rings is 1. The molecule has 0 bridgehead atoms. The van der Waals surface area contributed by atoms with Gasteiger partial charge in [0, 0.05) is 35.9 Å². The van der Waals surface area contributed by atoms with Crippen molar-refractivity contribution in [3.63, 3.8) is 0 Å². The van der Waals surface area contributed by atoms with Crippen LogP contribution in [0.1, 0.15) is 40.5 Å². The third kappa shape index (κ3) is 3.62. The van der Waals surface area contributed by atoms with Crippen molar-refractivity contribution in [3.8, 4) is 5.75 Å². The van der Waals surface area contributed by atoms with E-state index < -0.39 is 11.7 Å². The molecule has 3 aromatic rings. The summed E-state index contributed by atoms with van der Waals surface area (Å²) in [4.78, 5) is 18.8. The summed E-state index contributed by atoms with van der Waals surface area (Å²) in [6.07, 6.45) is -2.70. The Morgan fingerprint density at radius 3 is 2.77 bits per heavy atom. The number of amides is 1. The van der Waals surface area contributed by atoms with Crippen LogP contribution >= 0.6 is 0 Å². The van der Waals surface area contributed by atoms with Crippen LogP contribution in [0, 0.1) is 6.92 Å². The summed E-state index contributed by atoms with van der Waals surface area (Å²) in [5.74, 6) is 0.519. The van der Waals surface area contributed by atoms with E-state index in [0.717, 1.165) is 29.9 Å². The number of nitrogens with zero attached hydrogens (tertiary/aromatic N) is 3. The van der Waals surface area contributed by atoms with Crippen molar-refractivity contribution in [2.75, 3.05) is 13.2 Å². The second-order valence-corrected chi connectivity index (χ2v) is 7.42. The van der Waals surface area contributed by atoms with Gasteiger partial charge in [0.1, 0.15) is 11.4 Å². The summed E-state index contributed by atoms with van der Waals surface area (Å²) in [6, 6.07) is 8.22. The quantitative estimate of drug-likeness (QED) is 0.612. The first-order valence-electron chi connectivity index (χ1n) is 9.86. The zero-order valence-corrected chi connectivity index (χ0v) is 16.8. The van der Waals surface area contributed by atoms with Crippen LogP contribution in [0.4, 0.5) is 13.2 Å². The van der Waals surface area contributed by atoms with Gasteiger partial charge in [-0.2, -0.15) is 13.2 Å². The van der Waals surface area contributed by atoms with Gasteiger partial charge < -0.3 is 14.2 Å². The highest BCUT2D eigenvalue weighted by molar-refractivity contribution is 5.95. The fourth-order valence-corrected chi connectivity index (χ4v) is 3.81. The molecular formula is C22H22F3N3O2. The summed E-state index contributed by atoms with van der Waals surface area (Å²) < 4.78 is 46.8. The number of carbonyl (C=O) groups is 1. The summed E-state index contributed by atoms with van der Waals surface area (Å²) in [6.45, 7) is 5.63. The fourth-order valence-electron chi connectivity index (χ4n) is 3.81. The molecule has 0 fully saturated rings. The third-order valence-corrected chi connectivity index (χ3v) is 5.39. The molecule has 0 spiro atoms. The number of aryl methyl sites for hydroxylation is 1. The lowest BCUT2D eigenvalue weighted by Gasteiger charge is -2.29. The number of ether oxygens (including phenoxy) is 1. The van der Waals surface area contributed by atoms with E-state index in [1.807, 2.05) is 17.6 Å². The molecule has 8 heteroatoms. The third-order valence-electron chi connectivity index (χ3n) is 5.39. The summed E-state index contributed by atoms with van der Waals surface area (Å²) >= 11 is 0. The Kier molecular flexibility index (Phi) is 5.17. The second-order valence-electron chi connectivity index (χ2n) is 7.42. The Hall–Kier alpha value is -3.03. The van der Waals surface area contributed by atoms with Crippen molar-refractivity contribution in [2.45, 2.75) is 39.5 Å². The molecule has 0 saturated heterocycles. The first kappa shape index (κ1) is 20.3. The maximum atomic E-state index is 13.1. The van der Waals surface area contributed by atoms with E-state index in [0.29, 0.717) is 48.6 Å². The van der Waals surface area contributed by atoms with Crippen LogP contribution in [0.5, 0.6) is 5.75 Å². The van der Waals surface area contributed by atoms with Crippen LogP contribution in [0.25, 0.3) is 11.0 Å². The fraction of sp³-hybridized carbons (Fsp3) is 0.364. The van der Waals surface area contributed by atoms with Crippen LogP contribution in [-0.2, 0) is 19.3 Å². The van der Waals surface area contributed by atoms with Crippen LogP contribution in [-0.4, -0.2) is 33.5 Å². The van der Waals surface area contributed by atoms with Gasteiger partial charge in [0.2, 0.25) is 0 Å². The predicted octanol–water partition coefficient (Wildman–Crippen LogP) is 4.81. The molecule has 3 heterocycles. The Morgan fingerprint density at radius 2 is 2.03 bits per heavy atom. The number of aromatic nitrogens is 2. The highest BCUT2D eigenvalue weighted by Crippen LogP contribution is 2.34. The van der Waals surface area contributed by atoms with E-state index in [-0.39, 0.29) is 5.91 Å². The standard InChI is InChI=1S/C22H22F3N3O2/c1-3-9-30-17-6-4-5-15(10-17)21(29)27-7-8-28-19(13-27)14(2)18-11-16(22(23,24)25)12-26-20(18)28/h4-6,10-12H,3,7-9,13H2,1-2H3. The zero-order chi connectivity index (χ0) is 21.5. The Morgan fingerprint density at radius 1 is 1.23 bits per heavy atom. The van der Waals surface area contributed by atoms with Gasteiger partial charge in [0.25, 0.3) is 5.91 Å². The van der Waals surface area contributed by atoms with Crippen LogP contribution < -0.4 is 4.74 Å². The average molecular weight is 417 g/mol. The van der Waals surface area contributed by atoms with E-state index in [4.69, 9.17) is 4.74 Å². The number of hydrogen-bond acceptors (Lipinski definition) is 3. The first-order chi connectivity index (χ1) is 14.3. The van der Waals surface area contributed by atoms with Gasteiger partial charge in [-0.15, -0.1) is 0 Å². The normalized spacial score (nSPS) is 14.1. The maximum Gasteiger partial charge on any atom is 0.417 e. The van der Waals surface area contributed by atoms with Crippen molar-refractivity contribution in [3.05, 3.63) is 58.9 Å². The largest absolute Gasteiger partial charge is 0.494 e. The van der Waals surface area contributed by atoms with Crippen molar-refractivity contribution in [1.29, 1.82) is 0 Å². The molecule has 1 aliphatic heterocycles. The van der Waals surface area contributed by atoms with E-state index >= 15 is 0 Å². The second kappa shape index (κ2) is 7.66. The van der Waals surface area contributed by atoms with Crippen molar-refractivity contribution in [2.24, 2.45) is 0 Å². The van der Waals surface area contributed by atoms with E-state index in [9.17, 15) is 18.0 Å². The molecule has 0 unspecified atom stereocenters. The van der Waals surface area contributed by atoms with Gasteiger partial charge in [0.05, 0.1) is 18.7 Å². The molecule has 0 radical (unpaired) electrons. The molecule has 2 aromatic heterocycles. The number of alkyl halides is 3.